The summed E-state index contributed by atoms with van der Waals surface area (Å²) in [4.78, 5) is 3.80. The molecule has 1 unspecified atom stereocenters. The van der Waals surface area contributed by atoms with Crippen molar-refractivity contribution in [2.75, 3.05) is 7.05 Å². The molecule has 0 rings (SSSR count). The van der Waals surface area contributed by atoms with Crippen molar-refractivity contribution in [2.45, 2.75) is 13.0 Å². The maximum Gasteiger partial charge on any atom is 0.0277 e. The largest absolute Gasteiger partial charge is 0.324 e. The Morgan fingerprint density at radius 1 is 1.70 bits per heavy atom. The Bertz CT molecular complexity index is 155. The van der Waals surface area contributed by atoms with Gasteiger partial charge in [0.15, 0.2) is 0 Å². The lowest BCUT2D eigenvalue weighted by Crippen LogP contribution is -2.16. The van der Waals surface area contributed by atoms with Crippen molar-refractivity contribution in [3.8, 4) is 0 Å². The van der Waals surface area contributed by atoms with Crippen LogP contribution in [0.25, 0.3) is 0 Å². The maximum absolute atomic E-state index is 5.59. The average Bonchev–Trinajstić information content (AvgIpc) is 1.89. The Hall–Kier alpha value is -0.890. The summed E-state index contributed by atoms with van der Waals surface area (Å²) in [5.74, 6) is 0. The van der Waals surface area contributed by atoms with Crippen molar-refractivity contribution in [2.24, 2.45) is 10.7 Å². The van der Waals surface area contributed by atoms with Crippen LogP contribution >= 0.6 is 0 Å². The number of rotatable bonds is 3. The van der Waals surface area contributed by atoms with Crippen molar-refractivity contribution >= 4 is 6.21 Å². The molecule has 10 heavy (non-hydrogen) atoms. The molecule has 0 amide bonds. The van der Waals surface area contributed by atoms with Gasteiger partial charge in [0, 0.05) is 19.3 Å². The van der Waals surface area contributed by atoms with Gasteiger partial charge in [0.05, 0.1) is 0 Å². The van der Waals surface area contributed by atoms with Gasteiger partial charge >= 0.3 is 0 Å². The molecular formula is C8H14N2. The van der Waals surface area contributed by atoms with Crippen LogP contribution in [0.4, 0.5) is 0 Å². The Balaban J connectivity index is 4.18. The molecule has 56 valence electrons. The fourth-order valence-electron chi connectivity index (χ4n) is 0.566. The van der Waals surface area contributed by atoms with Gasteiger partial charge in [-0.15, -0.1) is 0 Å². The second kappa shape index (κ2) is 4.94. The van der Waals surface area contributed by atoms with Gasteiger partial charge in [-0.25, -0.2) is 0 Å². The topological polar surface area (TPSA) is 38.4 Å². The normalized spacial score (nSPS) is 15.7. The molecule has 0 fully saturated rings. The molecule has 0 heterocycles. The number of nitrogens with zero attached hydrogens (tertiary/aromatic N) is 1. The molecule has 0 bridgehead atoms. The number of nitrogens with two attached hydrogens (primary N) is 1. The lowest BCUT2D eigenvalue weighted by molar-refractivity contribution is 0.887. The zero-order valence-electron chi connectivity index (χ0n) is 6.54. The molecule has 0 aliphatic carbocycles. The molecule has 0 aromatic rings. The molecule has 0 aromatic carbocycles. The molecule has 0 radical (unpaired) electrons. The summed E-state index contributed by atoms with van der Waals surface area (Å²) in [7, 11) is 1.72. The SMILES string of the molecule is C=C/C(=C\C=NC)C(C)N. The third-order valence-corrected chi connectivity index (χ3v) is 1.18. The fourth-order valence-corrected chi connectivity index (χ4v) is 0.566. The molecule has 0 aliphatic rings. The van der Waals surface area contributed by atoms with Gasteiger partial charge in [-0.3, -0.25) is 4.99 Å². The summed E-state index contributed by atoms with van der Waals surface area (Å²) in [6.07, 6.45) is 5.31. The minimum atomic E-state index is 0.0375. The predicted octanol–water partition coefficient (Wildman–Crippen LogP) is 1.15. The van der Waals surface area contributed by atoms with Gasteiger partial charge in [0.1, 0.15) is 0 Å². The highest BCUT2D eigenvalue weighted by Crippen LogP contribution is 1.97. The fraction of sp³-hybridized carbons (Fsp3) is 0.375. The van der Waals surface area contributed by atoms with E-state index in [2.05, 4.69) is 11.6 Å². The van der Waals surface area contributed by atoms with E-state index in [1.165, 1.54) is 0 Å². The molecule has 2 heteroatoms. The summed E-state index contributed by atoms with van der Waals surface area (Å²) in [6.45, 7) is 5.54. The lowest BCUT2D eigenvalue weighted by Gasteiger charge is -2.02. The van der Waals surface area contributed by atoms with Crippen LogP contribution in [0.1, 0.15) is 6.92 Å². The van der Waals surface area contributed by atoms with E-state index in [0.717, 1.165) is 5.57 Å². The highest BCUT2D eigenvalue weighted by Gasteiger charge is 1.94. The van der Waals surface area contributed by atoms with Gasteiger partial charge in [-0.1, -0.05) is 12.7 Å². The first-order valence-corrected chi connectivity index (χ1v) is 3.22. The molecule has 0 spiro atoms. The van der Waals surface area contributed by atoms with Crippen LogP contribution in [-0.4, -0.2) is 19.3 Å². The van der Waals surface area contributed by atoms with Crippen LogP contribution in [0.15, 0.2) is 29.3 Å². The third kappa shape index (κ3) is 3.20. The van der Waals surface area contributed by atoms with E-state index >= 15 is 0 Å². The number of hydrogen-bond acceptors (Lipinski definition) is 2. The highest BCUT2D eigenvalue weighted by atomic mass is 14.6. The van der Waals surface area contributed by atoms with Crippen molar-refractivity contribution in [3.63, 3.8) is 0 Å². The highest BCUT2D eigenvalue weighted by molar-refractivity contribution is 5.73. The molecule has 0 aliphatic heterocycles. The summed E-state index contributed by atoms with van der Waals surface area (Å²) in [5.41, 5.74) is 6.59. The van der Waals surface area contributed by atoms with E-state index in [1.807, 2.05) is 13.0 Å². The van der Waals surface area contributed by atoms with Crippen molar-refractivity contribution in [1.29, 1.82) is 0 Å². The first-order valence-electron chi connectivity index (χ1n) is 3.22. The predicted molar refractivity (Wildman–Crippen MR) is 46.3 cm³/mol. The van der Waals surface area contributed by atoms with E-state index in [-0.39, 0.29) is 6.04 Å². The molecular weight excluding hydrogens is 124 g/mol. The summed E-state index contributed by atoms with van der Waals surface area (Å²) < 4.78 is 0. The summed E-state index contributed by atoms with van der Waals surface area (Å²) >= 11 is 0. The van der Waals surface area contributed by atoms with Gasteiger partial charge in [0.2, 0.25) is 0 Å². The zero-order valence-corrected chi connectivity index (χ0v) is 6.54. The molecule has 0 aromatic heterocycles. The molecule has 0 saturated heterocycles. The van der Waals surface area contributed by atoms with E-state index in [1.54, 1.807) is 19.3 Å². The Morgan fingerprint density at radius 3 is 2.60 bits per heavy atom. The first-order chi connectivity index (χ1) is 4.72. The van der Waals surface area contributed by atoms with Gasteiger partial charge < -0.3 is 5.73 Å². The number of allylic oxidation sites excluding steroid dienone is 1. The lowest BCUT2D eigenvalue weighted by atomic mass is 10.1. The van der Waals surface area contributed by atoms with E-state index in [4.69, 9.17) is 5.73 Å². The Labute approximate surface area is 62.1 Å². The molecule has 2 nitrogen and oxygen atoms in total. The third-order valence-electron chi connectivity index (χ3n) is 1.18. The van der Waals surface area contributed by atoms with Crippen molar-refractivity contribution in [3.05, 3.63) is 24.3 Å². The summed E-state index contributed by atoms with van der Waals surface area (Å²) in [5, 5.41) is 0. The van der Waals surface area contributed by atoms with Gasteiger partial charge in [0.25, 0.3) is 0 Å². The van der Waals surface area contributed by atoms with Crippen LogP contribution in [0.3, 0.4) is 0 Å². The minimum Gasteiger partial charge on any atom is -0.324 e. The number of aliphatic imine (C=N–C) groups is 1. The molecule has 1 atom stereocenters. The Kier molecular flexibility index (Phi) is 4.50. The smallest absolute Gasteiger partial charge is 0.0277 e. The van der Waals surface area contributed by atoms with E-state index in [0.29, 0.717) is 0 Å². The van der Waals surface area contributed by atoms with Crippen molar-refractivity contribution in [1.82, 2.24) is 0 Å². The maximum atomic E-state index is 5.59. The zero-order chi connectivity index (χ0) is 7.98. The summed E-state index contributed by atoms with van der Waals surface area (Å²) in [6, 6.07) is 0.0375. The van der Waals surface area contributed by atoms with Gasteiger partial charge in [-0.05, 0) is 18.6 Å². The monoisotopic (exact) mass is 138 g/mol. The second-order valence-corrected chi connectivity index (χ2v) is 2.07. The molecule has 0 saturated carbocycles. The van der Waals surface area contributed by atoms with Crippen LogP contribution in [0.2, 0.25) is 0 Å². The van der Waals surface area contributed by atoms with Crippen LogP contribution in [-0.2, 0) is 0 Å². The van der Waals surface area contributed by atoms with Crippen LogP contribution < -0.4 is 5.73 Å². The van der Waals surface area contributed by atoms with E-state index < -0.39 is 0 Å². The Morgan fingerprint density at radius 2 is 2.30 bits per heavy atom. The quantitative estimate of drug-likeness (QED) is 0.461. The second-order valence-electron chi connectivity index (χ2n) is 2.07. The standard InChI is InChI=1S/C8H14N2/c1-4-8(7(2)9)5-6-10-3/h4-7H,1,9H2,2-3H3/b8-5+,10-6?. The van der Waals surface area contributed by atoms with Gasteiger partial charge in [-0.2, -0.15) is 0 Å². The minimum absolute atomic E-state index is 0.0375. The van der Waals surface area contributed by atoms with E-state index in [9.17, 15) is 0 Å². The molecule has 2 N–H and O–H groups in total. The number of hydrogen-bond donors (Lipinski definition) is 1. The first kappa shape index (κ1) is 9.11. The van der Waals surface area contributed by atoms with Crippen molar-refractivity contribution < 1.29 is 0 Å². The average molecular weight is 138 g/mol. The van der Waals surface area contributed by atoms with Crippen LogP contribution in [0.5, 0.6) is 0 Å². The van der Waals surface area contributed by atoms with Crippen LogP contribution in [0, 0.1) is 0 Å².